The maximum Gasteiger partial charge on any atom is 0.229 e. The van der Waals surface area contributed by atoms with Gasteiger partial charge in [0.1, 0.15) is 11.8 Å². The third-order valence-corrected chi connectivity index (χ3v) is 6.58. The average Bonchev–Trinajstić information content (AvgIpc) is 3.30. The van der Waals surface area contributed by atoms with E-state index in [1.54, 1.807) is 6.20 Å². The van der Waals surface area contributed by atoms with Gasteiger partial charge in [0, 0.05) is 50.4 Å². The van der Waals surface area contributed by atoms with Crippen molar-refractivity contribution < 1.29 is 4.42 Å². The molecule has 2 aromatic carbocycles. The van der Waals surface area contributed by atoms with Crippen LogP contribution in [0.15, 0.2) is 71.3 Å². The van der Waals surface area contributed by atoms with Crippen LogP contribution in [0.1, 0.15) is 12.5 Å². The second kappa shape index (κ2) is 10.1. The molecule has 5 rings (SSSR count). The Kier molecular flexibility index (Phi) is 6.57. The lowest BCUT2D eigenvalue weighted by Crippen LogP contribution is -2.47. The van der Waals surface area contributed by atoms with E-state index in [0.717, 1.165) is 79.3 Å². The van der Waals surface area contributed by atoms with Crippen LogP contribution in [-0.2, 0) is 0 Å². The molecule has 0 bridgehead atoms. The summed E-state index contributed by atoms with van der Waals surface area (Å²) in [5.41, 5.74) is 4.85. The molecule has 172 valence electrons. The van der Waals surface area contributed by atoms with Gasteiger partial charge in [-0.05, 0) is 12.1 Å². The van der Waals surface area contributed by atoms with Gasteiger partial charge < -0.3 is 14.6 Å². The minimum absolute atomic E-state index is 0.529. The van der Waals surface area contributed by atoms with E-state index in [2.05, 4.69) is 45.2 Å². The largest absolute Gasteiger partial charge is 0.437 e. The van der Waals surface area contributed by atoms with Crippen molar-refractivity contribution in [1.29, 1.82) is 5.26 Å². The van der Waals surface area contributed by atoms with Crippen molar-refractivity contribution in [3.8, 4) is 28.5 Å². The first-order valence-corrected chi connectivity index (χ1v) is 11.9. The Morgan fingerprint density at radius 1 is 0.941 bits per heavy atom. The summed E-state index contributed by atoms with van der Waals surface area (Å²) in [6, 6.07) is 22.6. The molecule has 0 amide bonds. The van der Waals surface area contributed by atoms with E-state index in [1.165, 1.54) is 0 Å². The highest BCUT2D eigenvalue weighted by molar-refractivity contribution is 6.08. The molecule has 3 heterocycles. The Morgan fingerprint density at radius 2 is 1.59 bits per heavy atom. The molecule has 1 fully saturated rings. The van der Waals surface area contributed by atoms with Crippen LogP contribution in [0.25, 0.3) is 33.6 Å². The topological polar surface area (TPSA) is 68.3 Å². The highest BCUT2D eigenvalue weighted by Gasteiger charge is 2.23. The molecule has 34 heavy (non-hydrogen) atoms. The number of aromatic nitrogens is 1. The third kappa shape index (κ3) is 4.41. The van der Waals surface area contributed by atoms with Crippen molar-refractivity contribution in [3.05, 3.63) is 72.4 Å². The highest BCUT2D eigenvalue weighted by atomic mass is 16.3. The summed E-state index contributed by atoms with van der Waals surface area (Å²) in [6.45, 7) is 9.38. The minimum Gasteiger partial charge on any atom is -0.437 e. The molecule has 1 aliphatic rings. The lowest BCUT2D eigenvalue weighted by atomic mass is 9.97. The fraction of sp³-hybridized carbons (Fsp3) is 0.286. The number of nitrogens with zero attached hydrogens (tertiary/aromatic N) is 4. The minimum atomic E-state index is 0.529. The number of hydrogen-bond acceptors (Lipinski definition) is 6. The van der Waals surface area contributed by atoms with Crippen LogP contribution in [0.2, 0.25) is 0 Å². The number of likely N-dealkylation sites (N-methyl/N-ethyl adjacent to an activating group) is 1. The van der Waals surface area contributed by atoms with Gasteiger partial charge in [-0.25, -0.2) is 4.98 Å². The third-order valence-electron chi connectivity index (χ3n) is 6.58. The van der Waals surface area contributed by atoms with Gasteiger partial charge in [-0.15, -0.1) is 0 Å². The fourth-order valence-corrected chi connectivity index (χ4v) is 4.67. The van der Waals surface area contributed by atoms with Gasteiger partial charge in [0.05, 0.1) is 22.8 Å². The van der Waals surface area contributed by atoms with E-state index >= 15 is 0 Å². The molecular weight excluding hydrogens is 422 g/mol. The molecule has 2 aromatic heterocycles. The monoisotopic (exact) mass is 451 g/mol. The Labute approximate surface area is 200 Å². The predicted octanol–water partition coefficient (Wildman–Crippen LogP) is 5.08. The van der Waals surface area contributed by atoms with Crippen molar-refractivity contribution in [2.24, 2.45) is 0 Å². The fourth-order valence-electron chi connectivity index (χ4n) is 4.67. The van der Waals surface area contributed by atoms with E-state index < -0.39 is 0 Å². The molecule has 0 aliphatic carbocycles. The van der Waals surface area contributed by atoms with E-state index in [-0.39, 0.29) is 0 Å². The Balaban J connectivity index is 1.53. The zero-order valence-corrected chi connectivity index (χ0v) is 19.5. The normalized spacial score (nSPS) is 14.8. The smallest absolute Gasteiger partial charge is 0.229 e. The van der Waals surface area contributed by atoms with Crippen molar-refractivity contribution in [2.75, 3.05) is 51.1 Å². The lowest BCUT2D eigenvalue weighted by molar-refractivity contribution is 0.141. The number of nitriles is 1. The number of fused-ring (bicyclic) bond motifs is 1. The molecule has 1 aliphatic heterocycles. The number of pyridine rings is 1. The van der Waals surface area contributed by atoms with Gasteiger partial charge in [0.15, 0.2) is 0 Å². The predicted molar refractivity (Wildman–Crippen MR) is 137 cm³/mol. The highest BCUT2D eigenvalue weighted by Crippen LogP contribution is 2.44. The molecule has 1 N–H and O–H groups in total. The van der Waals surface area contributed by atoms with Crippen LogP contribution < -0.4 is 5.32 Å². The Hall–Kier alpha value is -3.66. The zero-order valence-electron chi connectivity index (χ0n) is 19.5. The molecular formula is C28H29N5O. The van der Waals surface area contributed by atoms with Gasteiger partial charge in [0.25, 0.3) is 0 Å². The first kappa shape index (κ1) is 22.1. The van der Waals surface area contributed by atoms with Crippen LogP contribution in [0.4, 0.5) is 5.69 Å². The van der Waals surface area contributed by atoms with Crippen molar-refractivity contribution in [3.63, 3.8) is 0 Å². The van der Waals surface area contributed by atoms with E-state index in [0.29, 0.717) is 11.3 Å². The first-order chi connectivity index (χ1) is 16.8. The summed E-state index contributed by atoms with van der Waals surface area (Å²) >= 11 is 0. The molecule has 0 unspecified atom stereocenters. The van der Waals surface area contributed by atoms with Crippen LogP contribution in [-0.4, -0.2) is 60.6 Å². The zero-order chi connectivity index (χ0) is 23.3. The van der Waals surface area contributed by atoms with E-state index in [4.69, 9.17) is 4.42 Å². The van der Waals surface area contributed by atoms with Crippen LogP contribution in [0, 0.1) is 11.3 Å². The molecule has 6 nitrogen and oxygen atoms in total. The van der Waals surface area contributed by atoms with Gasteiger partial charge in [0.2, 0.25) is 5.71 Å². The second-order valence-electron chi connectivity index (χ2n) is 8.58. The standard InChI is InChI=1S/C28H29N5O/c1-2-32-15-17-33(18-16-32)14-13-30-26-23(19-29)20-31-28-25(26)24(21-9-5-3-6-10-21)27(34-28)22-11-7-4-8-12-22/h3-12,20H,2,13-18H2,1H3,(H,30,31). The molecule has 0 saturated carbocycles. The summed E-state index contributed by atoms with van der Waals surface area (Å²) in [4.78, 5) is 9.47. The van der Waals surface area contributed by atoms with Gasteiger partial charge in [-0.2, -0.15) is 5.26 Å². The average molecular weight is 452 g/mol. The van der Waals surface area contributed by atoms with Crippen molar-refractivity contribution >= 4 is 16.8 Å². The van der Waals surface area contributed by atoms with Gasteiger partial charge in [-0.3, -0.25) is 4.90 Å². The summed E-state index contributed by atoms with van der Waals surface area (Å²) in [6.07, 6.45) is 1.61. The number of furan rings is 1. The van der Waals surface area contributed by atoms with Gasteiger partial charge >= 0.3 is 0 Å². The van der Waals surface area contributed by atoms with Crippen molar-refractivity contribution in [1.82, 2.24) is 14.8 Å². The second-order valence-corrected chi connectivity index (χ2v) is 8.58. The number of piperazine rings is 1. The first-order valence-electron chi connectivity index (χ1n) is 11.9. The van der Waals surface area contributed by atoms with E-state index in [1.807, 2.05) is 48.5 Å². The van der Waals surface area contributed by atoms with Crippen LogP contribution >= 0.6 is 0 Å². The van der Waals surface area contributed by atoms with Crippen LogP contribution in [0.3, 0.4) is 0 Å². The number of hydrogen-bond donors (Lipinski definition) is 1. The molecule has 0 radical (unpaired) electrons. The number of rotatable bonds is 7. The summed E-state index contributed by atoms with van der Waals surface area (Å²) in [5, 5.41) is 14.3. The van der Waals surface area contributed by atoms with E-state index in [9.17, 15) is 5.26 Å². The van der Waals surface area contributed by atoms with Crippen LogP contribution in [0.5, 0.6) is 0 Å². The lowest BCUT2D eigenvalue weighted by Gasteiger charge is -2.34. The summed E-state index contributed by atoms with van der Waals surface area (Å²) in [7, 11) is 0. The van der Waals surface area contributed by atoms with Gasteiger partial charge in [-0.1, -0.05) is 67.6 Å². The Morgan fingerprint density at radius 3 is 2.24 bits per heavy atom. The Bertz CT molecular complexity index is 1290. The number of anilines is 1. The maximum absolute atomic E-state index is 9.89. The summed E-state index contributed by atoms with van der Waals surface area (Å²) in [5.74, 6) is 0.767. The SMILES string of the molecule is CCN1CCN(CCNc2c(C#N)cnc3oc(-c4ccccc4)c(-c4ccccc4)c23)CC1. The maximum atomic E-state index is 9.89. The molecule has 6 heteroatoms. The summed E-state index contributed by atoms with van der Waals surface area (Å²) < 4.78 is 6.32. The molecule has 0 atom stereocenters. The molecule has 1 saturated heterocycles. The number of nitrogens with one attached hydrogen (secondary N) is 1. The number of benzene rings is 2. The molecule has 0 spiro atoms. The molecule has 4 aromatic rings. The quantitative estimate of drug-likeness (QED) is 0.422. The van der Waals surface area contributed by atoms with Crippen molar-refractivity contribution in [2.45, 2.75) is 6.92 Å².